The maximum Gasteiger partial charge on any atom is 0.435 e. The molecule has 0 unspecified atom stereocenters. The quantitative estimate of drug-likeness (QED) is 0.148. The zero-order valence-corrected chi connectivity index (χ0v) is 29.3. The monoisotopic (exact) mass is 794 g/mol. The van der Waals surface area contributed by atoms with Crippen LogP contribution in [0.15, 0.2) is 42.5 Å². The number of fused-ring (bicyclic) bond motifs is 5. The number of sulfonamides is 1. The molecule has 0 aliphatic heterocycles. The Morgan fingerprint density at radius 3 is 2.50 bits per heavy atom. The molecule has 3 N–H and O–H groups in total. The van der Waals surface area contributed by atoms with Crippen LogP contribution >= 0.6 is 11.3 Å². The number of benzene rings is 2. The summed E-state index contributed by atoms with van der Waals surface area (Å²) in [5.41, 5.74) is -2.14. The number of carbonyl (C=O) groups excluding carboxylic acids is 1. The number of para-hydroxylation sites is 1. The van der Waals surface area contributed by atoms with Gasteiger partial charge in [-0.2, -0.15) is 37.1 Å². The fraction of sp³-hybridized carbons (Fsp3) is 0.303. The number of thiazole rings is 1. The number of aromatic nitrogens is 6. The van der Waals surface area contributed by atoms with Crippen LogP contribution in [-0.2, 0) is 46.9 Å². The lowest BCUT2D eigenvalue weighted by molar-refractivity contribution is -0.142. The summed E-state index contributed by atoms with van der Waals surface area (Å²) < 4.78 is 130. The summed E-state index contributed by atoms with van der Waals surface area (Å²) in [7, 11) is -2.24. The number of aryl methyl sites for hydroxylation is 1. The minimum atomic E-state index is -5.07. The van der Waals surface area contributed by atoms with Crippen molar-refractivity contribution >= 4 is 54.3 Å². The molecule has 4 aromatic heterocycles. The Bertz CT molecular complexity index is 2640. The van der Waals surface area contributed by atoms with Gasteiger partial charge >= 0.3 is 6.18 Å². The van der Waals surface area contributed by atoms with E-state index in [0.29, 0.717) is 31.9 Å². The van der Waals surface area contributed by atoms with Crippen molar-refractivity contribution in [3.05, 3.63) is 82.3 Å². The second-order valence-electron chi connectivity index (χ2n) is 13.2. The van der Waals surface area contributed by atoms with E-state index >= 15 is 8.78 Å². The highest BCUT2D eigenvalue weighted by atomic mass is 32.2. The molecule has 54 heavy (non-hydrogen) atoms. The molecule has 3 atom stereocenters. The van der Waals surface area contributed by atoms with Crippen LogP contribution in [0, 0.1) is 17.6 Å². The summed E-state index contributed by atoms with van der Waals surface area (Å²) in [6, 6.07) is 7.61. The molecule has 6 aromatic rings. The maximum atomic E-state index is 15.3. The van der Waals surface area contributed by atoms with Gasteiger partial charge in [-0.15, -0.1) is 0 Å². The number of amides is 1. The van der Waals surface area contributed by atoms with E-state index in [4.69, 9.17) is 0 Å². The van der Waals surface area contributed by atoms with Crippen molar-refractivity contribution in [2.75, 3.05) is 11.0 Å². The predicted octanol–water partition coefficient (Wildman–Crippen LogP) is 6.12. The van der Waals surface area contributed by atoms with Gasteiger partial charge in [0.25, 0.3) is 11.1 Å². The van der Waals surface area contributed by atoms with E-state index in [-0.39, 0.29) is 46.3 Å². The van der Waals surface area contributed by atoms with Crippen molar-refractivity contribution in [3.63, 3.8) is 0 Å². The lowest BCUT2D eigenvalue weighted by Gasteiger charge is -2.23. The molecule has 1 amide bonds. The number of nitrogens with one attached hydrogen (secondary N) is 2. The van der Waals surface area contributed by atoms with Crippen molar-refractivity contribution in [1.29, 1.82) is 0 Å². The van der Waals surface area contributed by atoms with Crippen LogP contribution in [0.3, 0.4) is 0 Å². The Morgan fingerprint density at radius 1 is 1.09 bits per heavy atom. The molecule has 2 aliphatic carbocycles. The van der Waals surface area contributed by atoms with E-state index in [1.807, 2.05) is 0 Å². The molecule has 8 rings (SSSR count). The number of rotatable bonds is 9. The number of hydrogen-bond donors (Lipinski definition) is 3. The highest BCUT2D eigenvalue weighted by Gasteiger charge is 2.68. The number of nitrogens with zero attached hydrogens (tertiary/aromatic N) is 6. The summed E-state index contributed by atoms with van der Waals surface area (Å²) in [6.07, 6.45) is -4.65. The summed E-state index contributed by atoms with van der Waals surface area (Å²) in [5, 5.41) is 20.6. The largest absolute Gasteiger partial charge is 0.486 e. The highest BCUT2D eigenvalue weighted by molar-refractivity contribution is 7.92. The third-order valence-electron chi connectivity index (χ3n) is 9.36. The van der Waals surface area contributed by atoms with Gasteiger partial charge in [-0.3, -0.25) is 18.9 Å². The van der Waals surface area contributed by atoms with Gasteiger partial charge in [0.15, 0.2) is 17.2 Å². The molecule has 2 aliphatic rings. The van der Waals surface area contributed by atoms with Gasteiger partial charge in [-0.1, -0.05) is 23.5 Å². The van der Waals surface area contributed by atoms with Crippen LogP contribution < -0.4 is 10.0 Å². The molecule has 1 saturated carbocycles. The van der Waals surface area contributed by atoms with Crippen molar-refractivity contribution < 1.29 is 49.1 Å². The lowest BCUT2D eigenvalue weighted by Crippen LogP contribution is -2.35. The molecule has 0 spiro atoms. The van der Waals surface area contributed by atoms with E-state index < -0.39 is 81.0 Å². The maximum absolute atomic E-state index is 15.3. The zero-order valence-electron chi connectivity index (χ0n) is 27.7. The Labute approximate surface area is 303 Å². The Morgan fingerprint density at radius 2 is 1.81 bits per heavy atom. The first-order valence-electron chi connectivity index (χ1n) is 16.0. The number of alkyl halides is 5. The average Bonchev–Trinajstić information content (AvgIpc) is 3.37. The van der Waals surface area contributed by atoms with E-state index in [1.54, 1.807) is 24.3 Å². The number of hydrogen-bond acceptors (Lipinski definition) is 9. The van der Waals surface area contributed by atoms with Gasteiger partial charge in [-0.25, -0.2) is 22.2 Å². The second-order valence-corrected chi connectivity index (χ2v) is 16.0. The topological polar surface area (TPSA) is 157 Å². The average molecular weight is 795 g/mol. The van der Waals surface area contributed by atoms with Crippen LogP contribution in [0.25, 0.3) is 32.4 Å². The molecular formula is C33H25F7N8O4S2. The molecule has 12 nitrogen and oxygen atoms in total. The minimum Gasteiger partial charge on any atom is -0.486 e. The molecule has 0 radical (unpaired) electrons. The fourth-order valence-corrected chi connectivity index (χ4v) is 8.49. The van der Waals surface area contributed by atoms with E-state index in [1.165, 1.54) is 11.7 Å². The Hall–Kier alpha value is -5.31. The zero-order chi connectivity index (χ0) is 38.6. The smallest absolute Gasteiger partial charge is 0.435 e. The molecule has 4 heterocycles. The summed E-state index contributed by atoms with van der Waals surface area (Å²) in [4.78, 5) is 22.4. The van der Waals surface area contributed by atoms with Crippen LogP contribution in [0.5, 0.6) is 5.19 Å². The van der Waals surface area contributed by atoms with Crippen LogP contribution in [0.1, 0.15) is 46.6 Å². The van der Waals surface area contributed by atoms with Crippen LogP contribution in [0.2, 0.25) is 0 Å². The van der Waals surface area contributed by atoms with Crippen molar-refractivity contribution in [1.82, 2.24) is 34.8 Å². The predicted molar refractivity (Wildman–Crippen MR) is 180 cm³/mol. The molecule has 0 bridgehead atoms. The van der Waals surface area contributed by atoms with E-state index in [2.05, 4.69) is 30.2 Å². The van der Waals surface area contributed by atoms with Gasteiger partial charge in [0.2, 0.25) is 15.9 Å². The summed E-state index contributed by atoms with van der Waals surface area (Å²) in [6.45, 7) is -1.08. The van der Waals surface area contributed by atoms with E-state index in [9.17, 15) is 40.3 Å². The third kappa shape index (κ3) is 6.17. The van der Waals surface area contributed by atoms with Gasteiger partial charge < -0.3 is 10.4 Å². The molecule has 21 heteroatoms. The lowest BCUT2D eigenvalue weighted by atomic mass is 9.94. The number of pyridine rings is 1. The molecule has 282 valence electrons. The Balaban J connectivity index is 1.27. The minimum absolute atomic E-state index is 0.00360. The Kier molecular flexibility index (Phi) is 8.00. The number of anilines is 1. The van der Waals surface area contributed by atoms with Gasteiger partial charge in [0.1, 0.15) is 23.9 Å². The fourth-order valence-electron chi connectivity index (χ4n) is 7.30. The van der Waals surface area contributed by atoms with E-state index in [0.717, 1.165) is 29.7 Å². The number of carbonyl (C=O) groups is 1. The SMILES string of the molecule is Cn1nc(NS(C)(=O)=O)c2cccc(-c3cc4sc(O)nc4nc3[C@H](Cc3cc(F)cc(F)c3)NC(=O)Cn3nc(C(F)(F)F)c4c3C(F)(F)[C@@H]3C[C@H]43)c21. The molecule has 1 fully saturated rings. The molecular weight excluding hydrogens is 770 g/mol. The van der Waals surface area contributed by atoms with Crippen molar-refractivity contribution in [3.8, 4) is 16.3 Å². The molecule has 2 aromatic carbocycles. The summed E-state index contributed by atoms with van der Waals surface area (Å²) >= 11 is 0.854. The van der Waals surface area contributed by atoms with Gasteiger partial charge in [-0.05, 0) is 48.6 Å². The van der Waals surface area contributed by atoms with Gasteiger partial charge in [0, 0.05) is 41.1 Å². The first kappa shape index (κ1) is 35.7. The van der Waals surface area contributed by atoms with Crippen molar-refractivity contribution in [2.45, 2.75) is 43.4 Å². The number of halogens is 7. The van der Waals surface area contributed by atoms with Crippen LogP contribution in [0.4, 0.5) is 36.6 Å². The number of aromatic hydroxyl groups is 1. The molecule has 0 saturated heterocycles. The highest BCUT2D eigenvalue weighted by Crippen LogP contribution is 2.68. The van der Waals surface area contributed by atoms with Crippen LogP contribution in [-0.4, -0.2) is 55.2 Å². The second kappa shape index (κ2) is 12.1. The first-order valence-corrected chi connectivity index (χ1v) is 18.7. The standard InChI is InChI=1S/C33H25F7N8O4S2/c1-47-26-16(4-3-5-17(26)29(45-47)46-54(2,51)52)18-11-22-30(43-31(50)53-22)42-25(18)21(8-13-6-14(34)9-15(35)7-13)41-23(49)12-48-28-24(27(44-48)33(38,39)40)19-10-20(19)32(28,36)37/h3-7,9,11,19-21H,8,10,12H2,1-2H3,(H,41,49)(H,45,46)(H,42,43,50)/t19-,20+,21-/m0/s1. The normalized spacial score (nSPS) is 18.2. The third-order valence-corrected chi connectivity index (χ3v) is 10.7. The van der Waals surface area contributed by atoms with Crippen molar-refractivity contribution in [2.24, 2.45) is 13.0 Å². The van der Waals surface area contributed by atoms with Gasteiger partial charge in [0.05, 0.1) is 28.2 Å². The first-order chi connectivity index (χ1) is 25.3. The summed E-state index contributed by atoms with van der Waals surface area (Å²) in [5.74, 6) is -9.07.